The van der Waals surface area contributed by atoms with Crippen molar-refractivity contribution >= 4 is 17.6 Å². The molecule has 3 rings (SSSR count). The monoisotopic (exact) mass is 349 g/mol. The molecule has 1 fully saturated rings. The molecule has 1 aromatic heterocycles. The first-order chi connectivity index (χ1) is 11.5. The molecule has 1 heterocycles. The number of pyridine rings is 1. The highest BCUT2D eigenvalue weighted by Gasteiger charge is 2.33. The average Bonchev–Trinajstić information content (AvgIpc) is 3.39. The number of nitrogens with one attached hydrogen (secondary N) is 3. The molecule has 7 heteroatoms. The summed E-state index contributed by atoms with van der Waals surface area (Å²) in [7, 11) is 0. The molecule has 2 amide bonds. The molecule has 0 radical (unpaired) electrons. The zero-order valence-electron chi connectivity index (χ0n) is 12.8. The van der Waals surface area contributed by atoms with Crippen LogP contribution in [0.25, 0.3) is 0 Å². The van der Waals surface area contributed by atoms with Crippen LogP contribution < -0.4 is 16.2 Å². The molecule has 0 spiro atoms. The Labute approximate surface area is 143 Å². The predicted molar refractivity (Wildman–Crippen MR) is 89.3 cm³/mol. The molecule has 24 heavy (non-hydrogen) atoms. The number of amides is 2. The van der Waals surface area contributed by atoms with E-state index in [0.29, 0.717) is 11.5 Å². The molecule has 3 N–H and O–H groups in total. The number of carbonyl (C=O) groups is 1. The van der Waals surface area contributed by atoms with Gasteiger partial charge in [0.1, 0.15) is 5.82 Å². The summed E-state index contributed by atoms with van der Waals surface area (Å²) in [6.45, 7) is 0.129. The summed E-state index contributed by atoms with van der Waals surface area (Å²) in [6.07, 6.45) is 3.53. The Hall–Kier alpha value is -2.34. The van der Waals surface area contributed by atoms with Gasteiger partial charge in [-0.05, 0) is 42.5 Å². The average molecular weight is 350 g/mol. The second-order valence-corrected chi connectivity index (χ2v) is 6.25. The highest BCUT2D eigenvalue weighted by Crippen LogP contribution is 2.41. The van der Waals surface area contributed by atoms with Gasteiger partial charge < -0.3 is 15.6 Å². The van der Waals surface area contributed by atoms with Crippen molar-refractivity contribution in [3.05, 3.63) is 68.8 Å². The second-order valence-electron chi connectivity index (χ2n) is 5.84. The molecule has 1 aliphatic carbocycles. The van der Waals surface area contributed by atoms with Crippen molar-refractivity contribution in [3.63, 3.8) is 0 Å². The molecule has 1 aromatic carbocycles. The van der Waals surface area contributed by atoms with Crippen molar-refractivity contribution in [3.8, 4) is 0 Å². The number of rotatable bonds is 5. The first-order valence-electron chi connectivity index (χ1n) is 7.70. The Morgan fingerprint density at radius 2 is 2.17 bits per heavy atom. The predicted octanol–water partition coefficient (Wildman–Crippen LogP) is 3.12. The van der Waals surface area contributed by atoms with Gasteiger partial charge in [0.15, 0.2) is 0 Å². The number of hydrogen-bond donors (Lipinski definition) is 3. The summed E-state index contributed by atoms with van der Waals surface area (Å²) in [6, 6.07) is 7.22. The number of benzene rings is 1. The molecule has 2 aromatic rings. The first kappa shape index (κ1) is 16.5. The zero-order chi connectivity index (χ0) is 17.1. The van der Waals surface area contributed by atoms with Gasteiger partial charge >= 0.3 is 6.03 Å². The largest absolute Gasteiger partial charge is 0.334 e. The van der Waals surface area contributed by atoms with E-state index in [4.69, 9.17) is 11.6 Å². The van der Waals surface area contributed by atoms with E-state index in [1.807, 2.05) is 0 Å². The molecule has 5 nitrogen and oxygen atoms in total. The normalized spacial score (nSPS) is 14.9. The topological polar surface area (TPSA) is 74.0 Å². The van der Waals surface area contributed by atoms with Crippen LogP contribution in [-0.4, -0.2) is 11.0 Å². The molecule has 126 valence electrons. The number of H-pyrrole nitrogens is 1. The minimum atomic E-state index is -0.484. The fourth-order valence-electron chi connectivity index (χ4n) is 2.57. The minimum absolute atomic E-state index is 0.0381. The van der Waals surface area contributed by atoms with Crippen LogP contribution in [0.1, 0.15) is 30.0 Å². The van der Waals surface area contributed by atoms with E-state index in [1.165, 1.54) is 12.3 Å². The van der Waals surface area contributed by atoms with Crippen LogP contribution >= 0.6 is 11.6 Å². The second kappa shape index (κ2) is 7.05. The lowest BCUT2D eigenvalue weighted by Gasteiger charge is -2.19. The Kier molecular flexibility index (Phi) is 4.85. The summed E-state index contributed by atoms with van der Waals surface area (Å²) >= 11 is 5.84. The number of halogens is 2. The number of urea groups is 1. The van der Waals surface area contributed by atoms with E-state index in [-0.39, 0.29) is 29.2 Å². The lowest BCUT2D eigenvalue weighted by Crippen LogP contribution is -2.39. The smallest absolute Gasteiger partial charge is 0.315 e. The van der Waals surface area contributed by atoms with Gasteiger partial charge in [0.2, 0.25) is 0 Å². The Morgan fingerprint density at radius 3 is 2.83 bits per heavy atom. The summed E-state index contributed by atoms with van der Waals surface area (Å²) in [5.41, 5.74) is 1.01. The van der Waals surface area contributed by atoms with E-state index in [2.05, 4.69) is 15.6 Å². The van der Waals surface area contributed by atoms with Gasteiger partial charge in [0.05, 0.1) is 11.1 Å². The van der Waals surface area contributed by atoms with Crippen molar-refractivity contribution in [1.82, 2.24) is 15.6 Å². The van der Waals surface area contributed by atoms with Gasteiger partial charge in [-0.15, -0.1) is 0 Å². The van der Waals surface area contributed by atoms with E-state index in [1.54, 1.807) is 24.3 Å². The molecule has 0 saturated heterocycles. The van der Waals surface area contributed by atoms with Crippen LogP contribution in [0.15, 0.2) is 41.3 Å². The minimum Gasteiger partial charge on any atom is -0.334 e. The van der Waals surface area contributed by atoms with Crippen molar-refractivity contribution in [1.29, 1.82) is 0 Å². The third-order valence-corrected chi connectivity index (χ3v) is 4.31. The fraction of sp³-hybridized carbons (Fsp3) is 0.294. The molecular formula is C17H17ClFN3O2. The SMILES string of the molecule is O=C(NCc1ccc[nH]c1=O)NC(c1ccc(F)c(Cl)c1)C1CC1. The maximum atomic E-state index is 13.3. The highest BCUT2D eigenvalue weighted by molar-refractivity contribution is 6.30. The summed E-state index contributed by atoms with van der Waals surface area (Å²) < 4.78 is 13.3. The summed E-state index contributed by atoms with van der Waals surface area (Å²) in [5, 5.41) is 5.60. The molecule has 1 saturated carbocycles. The number of aromatic nitrogens is 1. The van der Waals surface area contributed by atoms with Gasteiger partial charge in [-0.1, -0.05) is 23.7 Å². The lowest BCUT2D eigenvalue weighted by atomic mass is 10.0. The third kappa shape index (κ3) is 3.94. The van der Waals surface area contributed by atoms with Gasteiger partial charge in [-0.25, -0.2) is 9.18 Å². The summed E-state index contributed by atoms with van der Waals surface area (Å²) in [4.78, 5) is 26.3. The highest BCUT2D eigenvalue weighted by atomic mass is 35.5. The Morgan fingerprint density at radius 1 is 1.38 bits per heavy atom. The fourth-order valence-corrected chi connectivity index (χ4v) is 2.76. The number of aromatic amines is 1. The first-order valence-corrected chi connectivity index (χ1v) is 8.08. The molecule has 1 unspecified atom stereocenters. The molecule has 0 aliphatic heterocycles. The molecule has 0 bridgehead atoms. The van der Waals surface area contributed by atoms with E-state index >= 15 is 0 Å². The lowest BCUT2D eigenvalue weighted by molar-refractivity contribution is 0.235. The van der Waals surface area contributed by atoms with Crippen molar-refractivity contribution in [2.45, 2.75) is 25.4 Å². The maximum Gasteiger partial charge on any atom is 0.315 e. The van der Waals surface area contributed by atoms with E-state index in [0.717, 1.165) is 18.4 Å². The van der Waals surface area contributed by atoms with Crippen LogP contribution in [0.2, 0.25) is 5.02 Å². The van der Waals surface area contributed by atoms with Gasteiger partial charge in [0, 0.05) is 18.3 Å². The molecular weight excluding hydrogens is 333 g/mol. The standard InChI is InChI=1S/C17H17ClFN3O2/c18-13-8-11(5-6-14(13)19)15(10-3-4-10)22-17(24)21-9-12-2-1-7-20-16(12)23/h1-2,5-8,10,15H,3-4,9H2,(H,20,23)(H2,21,22,24). The molecule has 1 atom stereocenters. The number of hydrogen-bond acceptors (Lipinski definition) is 2. The summed E-state index contributed by atoms with van der Waals surface area (Å²) in [5.74, 6) is -0.167. The van der Waals surface area contributed by atoms with E-state index in [9.17, 15) is 14.0 Å². The Balaban J connectivity index is 1.65. The van der Waals surface area contributed by atoms with Gasteiger partial charge in [-0.3, -0.25) is 4.79 Å². The van der Waals surface area contributed by atoms with Crippen LogP contribution in [0, 0.1) is 11.7 Å². The maximum absolute atomic E-state index is 13.3. The zero-order valence-corrected chi connectivity index (χ0v) is 13.6. The molecule has 1 aliphatic rings. The van der Waals surface area contributed by atoms with Crippen LogP contribution in [0.3, 0.4) is 0 Å². The van der Waals surface area contributed by atoms with Crippen molar-refractivity contribution in [2.75, 3.05) is 0 Å². The van der Waals surface area contributed by atoms with E-state index < -0.39 is 5.82 Å². The third-order valence-electron chi connectivity index (χ3n) is 4.02. The van der Waals surface area contributed by atoms with Gasteiger partial charge in [0.25, 0.3) is 5.56 Å². The number of carbonyl (C=O) groups excluding carboxylic acids is 1. The van der Waals surface area contributed by atoms with Crippen LogP contribution in [-0.2, 0) is 6.54 Å². The van der Waals surface area contributed by atoms with Crippen molar-refractivity contribution in [2.24, 2.45) is 5.92 Å². The van der Waals surface area contributed by atoms with Gasteiger partial charge in [-0.2, -0.15) is 0 Å². The van der Waals surface area contributed by atoms with Crippen LogP contribution in [0.4, 0.5) is 9.18 Å². The quantitative estimate of drug-likeness (QED) is 0.776. The Bertz CT molecular complexity index is 804. The van der Waals surface area contributed by atoms with Crippen LogP contribution in [0.5, 0.6) is 0 Å². The van der Waals surface area contributed by atoms with Crippen molar-refractivity contribution < 1.29 is 9.18 Å².